The average molecular weight is 307 g/mol. The van der Waals surface area contributed by atoms with Crippen LogP contribution in [0.1, 0.15) is 18.9 Å². The van der Waals surface area contributed by atoms with E-state index in [1.165, 1.54) is 11.3 Å². The molecule has 7 heteroatoms. The van der Waals surface area contributed by atoms with Crippen LogP contribution in [0.5, 0.6) is 0 Å². The van der Waals surface area contributed by atoms with Crippen LogP contribution in [0.2, 0.25) is 0 Å². The molecule has 0 unspecified atom stereocenters. The number of aliphatic carboxylic acids is 1. The lowest BCUT2D eigenvalue weighted by Crippen LogP contribution is -2.27. The molecule has 2 heterocycles. The van der Waals surface area contributed by atoms with Gasteiger partial charge in [-0.15, -0.1) is 11.3 Å². The number of carboxylic acid groups (broad SMARTS) is 1. The van der Waals surface area contributed by atoms with Gasteiger partial charge in [-0.25, -0.2) is 0 Å². The van der Waals surface area contributed by atoms with Crippen molar-refractivity contribution in [3.8, 4) is 6.07 Å². The zero-order chi connectivity index (χ0) is 15.4. The van der Waals surface area contributed by atoms with Gasteiger partial charge in [-0.05, 0) is 17.4 Å². The van der Waals surface area contributed by atoms with Crippen LogP contribution >= 0.6 is 11.3 Å². The smallest absolute Gasteiger partial charge is 0.308 e. The lowest BCUT2D eigenvalue weighted by molar-refractivity contribution is -0.142. The fraction of sp³-hybridized carbons (Fsp3) is 0.500. The van der Waals surface area contributed by atoms with E-state index in [9.17, 15) is 9.59 Å². The summed E-state index contributed by atoms with van der Waals surface area (Å²) in [6.45, 7) is 3.65. The molecule has 2 rings (SSSR count). The normalized spacial score (nSPS) is 21.9. The van der Waals surface area contributed by atoms with Crippen molar-refractivity contribution in [2.45, 2.75) is 13.3 Å². The second-order valence-electron chi connectivity index (χ2n) is 5.25. The average Bonchev–Trinajstić information content (AvgIpc) is 3.02. The molecule has 1 aliphatic heterocycles. The molecule has 1 aliphatic rings. The third-order valence-corrected chi connectivity index (χ3v) is 4.53. The summed E-state index contributed by atoms with van der Waals surface area (Å²) in [7, 11) is 0. The Balaban J connectivity index is 1.80. The minimum absolute atomic E-state index is 0.105. The van der Waals surface area contributed by atoms with Crippen LogP contribution in [0, 0.1) is 23.2 Å². The summed E-state index contributed by atoms with van der Waals surface area (Å²) < 4.78 is 0. The number of likely N-dealkylation sites (tertiary alicyclic amines) is 1. The first-order chi connectivity index (χ1) is 10.0. The van der Waals surface area contributed by atoms with Crippen molar-refractivity contribution in [2.75, 3.05) is 25.0 Å². The molecule has 0 spiro atoms. The van der Waals surface area contributed by atoms with Gasteiger partial charge in [-0.3, -0.25) is 9.59 Å². The molecule has 1 aromatic rings. The first kappa shape index (κ1) is 15.5. The van der Waals surface area contributed by atoms with Crippen molar-refractivity contribution in [1.29, 1.82) is 5.26 Å². The van der Waals surface area contributed by atoms with E-state index < -0.39 is 5.97 Å². The molecule has 0 aliphatic carbocycles. The van der Waals surface area contributed by atoms with Crippen LogP contribution in [0.25, 0.3) is 0 Å². The van der Waals surface area contributed by atoms with Crippen LogP contribution in [0.3, 0.4) is 0 Å². The predicted octanol–water partition coefficient (Wildman–Crippen LogP) is 1.60. The first-order valence-electron chi connectivity index (χ1n) is 6.74. The molecular weight excluding hydrogens is 290 g/mol. The number of nitriles is 1. The number of amides is 1. The summed E-state index contributed by atoms with van der Waals surface area (Å²) in [4.78, 5) is 24.9. The minimum Gasteiger partial charge on any atom is -0.481 e. The largest absolute Gasteiger partial charge is 0.481 e. The number of rotatable bonds is 5. The molecule has 2 atom stereocenters. The van der Waals surface area contributed by atoms with E-state index in [1.807, 2.05) is 17.9 Å². The Hall–Kier alpha value is -1.91. The van der Waals surface area contributed by atoms with Gasteiger partial charge in [0, 0.05) is 26.1 Å². The Labute approximate surface area is 127 Å². The van der Waals surface area contributed by atoms with Gasteiger partial charge in [0.15, 0.2) is 0 Å². The zero-order valence-electron chi connectivity index (χ0n) is 11.7. The van der Waals surface area contributed by atoms with E-state index in [0.29, 0.717) is 36.6 Å². The molecule has 0 saturated carbocycles. The van der Waals surface area contributed by atoms with E-state index in [0.717, 1.165) is 0 Å². The highest BCUT2D eigenvalue weighted by atomic mass is 32.1. The molecular formula is C14H17N3O3S. The molecule has 21 heavy (non-hydrogen) atoms. The van der Waals surface area contributed by atoms with Crippen LogP contribution in [0.4, 0.5) is 5.00 Å². The van der Waals surface area contributed by atoms with E-state index in [4.69, 9.17) is 10.4 Å². The summed E-state index contributed by atoms with van der Waals surface area (Å²) >= 11 is 1.32. The standard InChI is InChI=1S/C14H17N3O3S/c1-9-7-17(8-11(9)14(19)20)4-2-12(18)16-13-10(6-15)3-5-21-13/h3,5,9,11H,2,4,7-8H2,1H3,(H,16,18)(H,19,20)/t9-,11-/m1/s1. The summed E-state index contributed by atoms with van der Waals surface area (Å²) in [5, 5.41) is 23.0. The maximum absolute atomic E-state index is 11.9. The Morgan fingerprint density at radius 1 is 1.57 bits per heavy atom. The highest BCUT2D eigenvalue weighted by Gasteiger charge is 2.34. The zero-order valence-corrected chi connectivity index (χ0v) is 12.5. The summed E-state index contributed by atoms with van der Waals surface area (Å²) in [6.07, 6.45) is 0.293. The van der Waals surface area contributed by atoms with E-state index in [2.05, 4.69) is 5.32 Å². The van der Waals surface area contributed by atoms with Gasteiger partial charge in [0.25, 0.3) is 0 Å². The third-order valence-electron chi connectivity index (χ3n) is 3.70. The van der Waals surface area contributed by atoms with E-state index in [1.54, 1.807) is 11.4 Å². The number of hydrogen-bond acceptors (Lipinski definition) is 5. The van der Waals surface area contributed by atoms with Crippen molar-refractivity contribution in [3.63, 3.8) is 0 Å². The number of hydrogen-bond donors (Lipinski definition) is 2. The Bertz CT molecular complexity index is 578. The van der Waals surface area contributed by atoms with E-state index in [-0.39, 0.29) is 17.7 Å². The van der Waals surface area contributed by atoms with Gasteiger partial charge in [-0.1, -0.05) is 6.92 Å². The fourth-order valence-electron chi connectivity index (χ4n) is 2.51. The molecule has 1 aromatic heterocycles. The second-order valence-corrected chi connectivity index (χ2v) is 6.17. The number of anilines is 1. The summed E-state index contributed by atoms with van der Waals surface area (Å²) in [5.74, 6) is -1.17. The van der Waals surface area contributed by atoms with Crippen molar-refractivity contribution in [2.24, 2.45) is 11.8 Å². The minimum atomic E-state index is -0.772. The first-order valence-corrected chi connectivity index (χ1v) is 7.62. The highest BCUT2D eigenvalue weighted by Crippen LogP contribution is 2.24. The summed E-state index contributed by atoms with van der Waals surface area (Å²) in [6, 6.07) is 3.69. The lowest BCUT2D eigenvalue weighted by Gasteiger charge is -2.14. The molecule has 6 nitrogen and oxygen atoms in total. The number of nitrogens with zero attached hydrogens (tertiary/aromatic N) is 2. The van der Waals surface area contributed by atoms with Crippen molar-refractivity contribution in [1.82, 2.24) is 4.90 Å². The van der Waals surface area contributed by atoms with Crippen LogP contribution in [-0.4, -0.2) is 41.5 Å². The quantitative estimate of drug-likeness (QED) is 0.862. The number of carbonyl (C=O) groups is 2. The van der Waals surface area contributed by atoms with Gasteiger partial charge in [0.05, 0.1) is 11.5 Å². The monoisotopic (exact) mass is 307 g/mol. The molecule has 1 amide bonds. The number of carboxylic acids is 1. The van der Waals surface area contributed by atoms with Gasteiger partial charge in [0.2, 0.25) is 5.91 Å². The van der Waals surface area contributed by atoms with Crippen molar-refractivity contribution < 1.29 is 14.7 Å². The van der Waals surface area contributed by atoms with Gasteiger partial charge >= 0.3 is 5.97 Å². The second kappa shape index (κ2) is 6.70. The van der Waals surface area contributed by atoms with E-state index >= 15 is 0 Å². The van der Waals surface area contributed by atoms with Crippen LogP contribution in [-0.2, 0) is 9.59 Å². The molecule has 0 aromatic carbocycles. The molecule has 0 radical (unpaired) electrons. The third kappa shape index (κ3) is 3.80. The molecule has 1 fully saturated rings. The fourth-order valence-corrected chi connectivity index (χ4v) is 3.27. The van der Waals surface area contributed by atoms with Gasteiger partial charge < -0.3 is 15.3 Å². The Kier molecular flexibility index (Phi) is 4.94. The molecule has 1 saturated heterocycles. The highest BCUT2D eigenvalue weighted by molar-refractivity contribution is 7.14. The number of nitrogens with one attached hydrogen (secondary N) is 1. The van der Waals surface area contributed by atoms with Gasteiger partial charge in [0.1, 0.15) is 11.1 Å². The maximum Gasteiger partial charge on any atom is 0.308 e. The molecule has 2 N–H and O–H groups in total. The topological polar surface area (TPSA) is 93.4 Å². The number of thiophene rings is 1. The maximum atomic E-state index is 11.9. The predicted molar refractivity (Wildman–Crippen MR) is 79.0 cm³/mol. The number of carbonyl (C=O) groups excluding carboxylic acids is 1. The van der Waals surface area contributed by atoms with Crippen molar-refractivity contribution >= 4 is 28.2 Å². The lowest BCUT2D eigenvalue weighted by atomic mass is 9.99. The molecule has 0 bridgehead atoms. The Morgan fingerprint density at radius 3 is 2.95 bits per heavy atom. The van der Waals surface area contributed by atoms with Gasteiger partial charge in [-0.2, -0.15) is 5.26 Å². The van der Waals surface area contributed by atoms with Crippen molar-refractivity contribution in [3.05, 3.63) is 17.0 Å². The van der Waals surface area contributed by atoms with Crippen LogP contribution < -0.4 is 5.32 Å². The molecule has 112 valence electrons. The Morgan fingerprint density at radius 2 is 2.33 bits per heavy atom. The SMILES string of the molecule is C[C@@H]1CN(CCC(=O)Nc2sccc2C#N)C[C@H]1C(=O)O. The summed E-state index contributed by atoms with van der Waals surface area (Å²) in [5.41, 5.74) is 0.467. The van der Waals surface area contributed by atoms with Crippen LogP contribution in [0.15, 0.2) is 11.4 Å².